The first kappa shape index (κ1) is 10.2. The summed E-state index contributed by atoms with van der Waals surface area (Å²) < 4.78 is 1.51. The van der Waals surface area contributed by atoms with Crippen LogP contribution in [-0.4, -0.2) is 0 Å². The summed E-state index contributed by atoms with van der Waals surface area (Å²) in [4.78, 5) is 0. The van der Waals surface area contributed by atoms with Crippen LogP contribution >= 0.6 is 0 Å². The Morgan fingerprint density at radius 3 is 2.00 bits per heavy atom. The first-order valence-electron chi connectivity index (χ1n) is 2.21. The van der Waals surface area contributed by atoms with E-state index in [9.17, 15) is 0 Å². The summed E-state index contributed by atoms with van der Waals surface area (Å²) in [7, 11) is 0. The number of unbranched alkanes of at least 4 members (excludes halogenated alkanes) is 1. The van der Waals surface area contributed by atoms with Crippen LogP contribution < -0.4 is 12.4 Å². The van der Waals surface area contributed by atoms with E-state index in [2.05, 4.69) is 6.92 Å². The summed E-state index contributed by atoms with van der Waals surface area (Å²) in [5.74, 6) is 0. The average molecular weight is 205 g/mol. The van der Waals surface area contributed by atoms with Crippen molar-refractivity contribution in [1.82, 2.24) is 0 Å². The van der Waals surface area contributed by atoms with Gasteiger partial charge in [-0.15, -0.1) is 0 Å². The molecule has 2 heteroatoms. The standard InChI is InChI=1S/C4H9.Cd.ClH/c1-3-4-2;;/h1,3-4H2,2H3;;1H/q;+1;/p-1. The topological polar surface area (TPSA) is 0 Å². The summed E-state index contributed by atoms with van der Waals surface area (Å²) >= 11 is 1.22. The minimum atomic E-state index is 0. The number of halogens is 1. The molecule has 6 heavy (non-hydrogen) atoms. The second-order valence-corrected chi connectivity index (χ2v) is 3.23. The Kier molecular flexibility index (Phi) is 16.2. The van der Waals surface area contributed by atoms with Crippen LogP contribution in [0, 0.1) is 0 Å². The van der Waals surface area contributed by atoms with Crippen molar-refractivity contribution >= 4 is 0 Å². The van der Waals surface area contributed by atoms with Gasteiger partial charge in [-0.2, -0.15) is 0 Å². The van der Waals surface area contributed by atoms with Crippen molar-refractivity contribution in [2.24, 2.45) is 0 Å². The summed E-state index contributed by atoms with van der Waals surface area (Å²) in [5.41, 5.74) is 0. The van der Waals surface area contributed by atoms with E-state index in [1.165, 1.54) is 42.6 Å². The van der Waals surface area contributed by atoms with E-state index < -0.39 is 0 Å². The Labute approximate surface area is 61.8 Å². The fourth-order valence-corrected chi connectivity index (χ4v) is 1.68. The molecule has 34 valence electrons. The van der Waals surface area contributed by atoms with Gasteiger partial charge < -0.3 is 12.4 Å². The molecule has 0 bridgehead atoms. The van der Waals surface area contributed by atoms with Crippen LogP contribution in [0.3, 0.4) is 0 Å². The van der Waals surface area contributed by atoms with E-state index in [1.54, 1.807) is 0 Å². The van der Waals surface area contributed by atoms with Crippen molar-refractivity contribution in [3.63, 3.8) is 0 Å². The molecule has 0 aromatic carbocycles. The van der Waals surface area contributed by atoms with Crippen molar-refractivity contribution in [2.45, 2.75) is 23.7 Å². The average Bonchev–Trinajstić information content (AvgIpc) is 1.41. The monoisotopic (exact) mass is 206 g/mol. The number of rotatable bonds is 2. The summed E-state index contributed by atoms with van der Waals surface area (Å²) in [6, 6.07) is 0. The molecular formula is C4H9CdCl. The molecule has 0 atom stereocenters. The third-order valence-corrected chi connectivity index (χ3v) is 2.03. The Hall–Kier alpha value is 1.21. The molecule has 0 aromatic heterocycles. The van der Waals surface area contributed by atoms with Crippen molar-refractivity contribution in [3.8, 4) is 0 Å². The van der Waals surface area contributed by atoms with Gasteiger partial charge in [0.1, 0.15) is 0 Å². The Morgan fingerprint density at radius 1 is 1.50 bits per heavy atom. The molecule has 0 aliphatic carbocycles. The van der Waals surface area contributed by atoms with E-state index in [1.807, 2.05) is 0 Å². The van der Waals surface area contributed by atoms with Crippen LogP contribution in [0.2, 0.25) is 3.98 Å². The molecule has 0 rings (SSSR count). The Balaban J connectivity index is 0. The molecule has 0 heterocycles. The molecule has 0 unspecified atom stereocenters. The first-order valence-corrected chi connectivity index (χ1v) is 5.06. The van der Waals surface area contributed by atoms with Crippen molar-refractivity contribution < 1.29 is 38.2 Å². The fourth-order valence-electron chi connectivity index (χ4n) is 0.250. The molecule has 0 radical (unpaired) electrons. The van der Waals surface area contributed by atoms with Crippen LogP contribution in [0.15, 0.2) is 0 Å². The summed E-state index contributed by atoms with van der Waals surface area (Å²) in [5, 5.41) is 0. The largest absolute Gasteiger partial charge is 1.00 e. The first-order chi connectivity index (χ1) is 2.41. The zero-order valence-electron chi connectivity index (χ0n) is 4.21. The molecule has 0 fully saturated rings. The molecular weight excluding hydrogens is 196 g/mol. The Morgan fingerprint density at radius 2 is 2.00 bits per heavy atom. The normalized spacial score (nSPS) is 7.17. The van der Waals surface area contributed by atoms with Crippen molar-refractivity contribution in [1.29, 1.82) is 0 Å². The SMILES string of the molecule is CCC[CH2][Cd+].[Cl-]. The smallest absolute Gasteiger partial charge is 1.00 e. The maximum atomic E-state index is 2.24. The van der Waals surface area contributed by atoms with Gasteiger partial charge in [-0.1, -0.05) is 0 Å². The second-order valence-electron chi connectivity index (χ2n) is 1.21. The summed E-state index contributed by atoms with van der Waals surface area (Å²) in [6.45, 7) is 2.24. The van der Waals surface area contributed by atoms with Crippen LogP contribution in [0.1, 0.15) is 19.8 Å². The second kappa shape index (κ2) is 9.51. The van der Waals surface area contributed by atoms with E-state index in [0.717, 1.165) is 0 Å². The van der Waals surface area contributed by atoms with Gasteiger partial charge in [-0.25, -0.2) is 0 Å². The third-order valence-electron chi connectivity index (χ3n) is 0.604. The zero-order chi connectivity index (χ0) is 4.12. The maximum Gasteiger partial charge on any atom is -1.00 e. The number of hydrogen-bond acceptors (Lipinski definition) is 0. The maximum absolute atomic E-state index is 2.24. The van der Waals surface area contributed by atoms with Crippen LogP contribution in [0.4, 0.5) is 0 Å². The van der Waals surface area contributed by atoms with Gasteiger partial charge in [0.05, 0.1) is 0 Å². The molecule has 0 nitrogen and oxygen atoms in total. The molecule has 0 N–H and O–H groups in total. The molecule has 0 saturated heterocycles. The summed E-state index contributed by atoms with van der Waals surface area (Å²) in [6.07, 6.45) is 2.85. The number of hydrogen-bond donors (Lipinski definition) is 0. The molecule has 0 amide bonds. The molecule has 0 aliphatic heterocycles. The van der Waals surface area contributed by atoms with Gasteiger partial charge in [0.15, 0.2) is 0 Å². The van der Waals surface area contributed by atoms with Gasteiger partial charge in [-0.05, 0) is 0 Å². The van der Waals surface area contributed by atoms with Gasteiger partial charge in [-0.3, -0.25) is 0 Å². The van der Waals surface area contributed by atoms with Crippen LogP contribution in [0.25, 0.3) is 0 Å². The Bertz CT molecular complexity index is 15.0. The van der Waals surface area contributed by atoms with Crippen LogP contribution in [-0.2, 0) is 25.8 Å². The zero-order valence-corrected chi connectivity index (χ0v) is 9.00. The third kappa shape index (κ3) is 8.96. The molecule has 0 aromatic rings. The minimum Gasteiger partial charge on any atom is -1.00 e. The van der Waals surface area contributed by atoms with Crippen molar-refractivity contribution in [3.05, 3.63) is 0 Å². The fraction of sp³-hybridized carbons (Fsp3) is 1.00. The minimum absolute atomic E-state index is 0. The molecule has 0 spiro atoms. The van der Waals surface area contributed by atoms with Gasteiger partial charge in [0.25, 0.3) is 0 Å². The predicted molar refractivity (Wildman–Crippen MR) is 19.7 cm³/mol. The quantitative estimate of drug-likeness (QED) is 0.494. The van der Waals surface area contributed by atoms with E-state index in [-0.39, 0.29) is 12.4 Å². The molecule has 0 saturated carbocycles. The van der Waals surface area contributed by atoms with Gasteiger partial charge in [0, 0.05) is 0 Å². The van der Waals surface area contributed by atoms with Crippen LogP contribution in [0.5, 0.6) is 0 Å². The van der Waals surface area contributed by atoms with Crippen molar-refractivity contribution in [2.75, 3.05) is 0 Å². The molecule has 0 aliphatic rings. The van der Waals surface area contributed by atoms with Gasteiger partial charge in [0.2, 0.25) is 0 Å². The predicted octanol–water partition coefficient (Wildman–Crippen LogP) is -1.24. The van der Waals surface area contributed by atoms with Gasteiger partial charge >= 0.3 is 49.5 Å². The van der Waals surface area contributed by atoms with E-state index >= 15 is 0 Å². The van der Waals surface area contributed by atoms with E-state index in [4.69, 9.17) is 0 Å². The van der Waals surface area contributed by atoms with E-state index in [0.29, 0.717) is 0 Å².